The van der Waals surface area contributed by atoms with Gasteiger partial charge in [-0.2, -0.15) is 0 Å². The number of carbonyl (C=O) groups is 1. The molecule has 0 saturated carbocycles. The van der Waals surface area contributed by atoms with Crippen molar-refractivity contribution in [1.29, 1.82) is 0 Å². The number of piperazine rings is 1. The first-order chi connectivity index (χ1) is 12.5. The summed E-state index contributed by atoms with van der Waals surface area (Å²) in [4.78, 5) is 18.4. The minimum absolute atomic E-state index is 0.0234. The Morgan fingerprint density at radius 2 is 1.92 bits per heavy atom. The topological polar surface area (TPSA) is 35.6 Å². The Morgan fingerprint density at radius 1 is 1.19 bits per heavy atom. The molecule has 1 aromatic carbocycles. The number of nitrogens with one attached hydrogen (secondary N) is 1. The maximum Gasteiger partial charge on any atom is 0.234 e. The molecule has 0 radical (unpaired) electrons. The van der Waals surface area contributed by atoms with Gasteiger partial charge in [-0.05, 0) is 36.1 Å². The Kier molecular flexibility index (Phi) is 6.95. The van der Waals surface area contributed by atoms with Gasteiger partial charge in [0.05, 0.1) is 12.6 Å². The monoisotopic (exact) mass is 411 g/mol. The Labute approximate surface area is 168 Å². The number of amides is 1. The molecule has 0 bridgehead atoms. The molecule has 26 heavy (non-hydrogen) atoms. The van der Waals surface area contributed by atoms with E-state index in [4.69, 9.17) is 23.2 Å². The van der Waals surface area contributed by atoms with Gasteiger partial charge in [-0.25, -0.2) is 0 Å². The molecule has 1 atom stereocenters. The van der Waals surface area contributed by atoms with Crippen molar-refractivity contribution < 1.29 is 4.79 Å². The van der Waals surface area contributed by atoms with Crippen LogP contribution in [0.4, 0.5) is 0 Å². The van der Waals surface area contributed by atoms with Gasteiger partial charge in [0.25, 0.3) is 0 Å². The number of hydrogen-bond acceptors (Lipinski definition) is 4. The minimum Gasteiger partial charge on any atom is -0.348 e. The molecular formula is C19H23Cl2N3OS. The highest BCUT2D eigenvalue weighted by Crippen LogP contribution is 2.26. The van der Waals surface area contributed by atoms with Crippen molar-refractivity contribution in [2.45, 2.75) is 19.5 Å². The predicted octanol–water partition coefficient (Wildman–Crippen LogP) is 4.05. The van der Waals surface area contributed by atoms with Crippen molar-refractivity contribution in [2.24, 2.45) is 0 Å². The van der Waals surface area contributed by atoms with E-state index in [1.807, 2.05) is 13.0 Å². The summed E-state index contributed by atoms with van der Waals surface area (Å²) in [6, 6.07) is 9.47. The van der Waals surface area contributed by atoms with Crippen LogP contribution in [0.15, 0.2) is 35.7 Å². The number of carbonyl (C=O) groups excluding carboxylic acids is 1. The largest absolute Gasteiger partial charge is 0.348 e. The smallest absolute Gasteiger partial charge is 0.234 e. The highest BCUT2D eigenvalue weighted by atomic mass is 35.5. The van der Waals surface area contributed by atoms with Gasteiger partial charge in [0.2, 0.25) is 5.91 Å². The van der Waals surface area contributed by atoms with Crippen LogP contribution in [0.1, 0.15) is 23.4 Å². The maximum absolute atomic E-state index is 12.4. The van der Waals surface area contributed by atoms with Crippen LogP contribution in [-0.2, 0) is 11.3 Å². The molecule has 1 amide bonds. The Bertz CT molecular complexity index is 730. The van der Waals surface area contributed by atoms with Crippen LogP contribution < -0.4 is 5.32 Å². The van der Waals surface area contributed by atoms with Crippen LogP contribution in [0.2, 0.25) is 10.0 Å². The molecule has 1 saturated heterocycles. The second-order valence-corrected chi connectivity index (χ2v) is 8.46. The summed E-state index contributed by atoms with van der Waals surface area (Å²) >= 11 is 14.0. The lowest BCUT2D eigenvalue weighted by atomic mass is 10.1. The number of thiophene rings is 1. The molecular weight excluding hydrogens is 389 g/mol. The Morgan fingerprint density at radius 3 is 2.58 bits per heavy atom. The molecule has 1 aliphatic rings. The molecule has 1 fully saturated rings. The number of rotatable bonds is 6. The summed E-state index contributed by atoms with van der Waals surface area (Å²) in [6.45, 7) is 7.16. The van der Waals surface area contributed by atoms with Gasteiger partial charge in [0.1, 0.15) is 0 Å². The first-order valence-electron chi connectivity index (χ1n) is 8.72. The van der Waals surface area contributed by atoms with Gasteiger partial charge in [-0.3, -0.25) is 14.6 Å². The van der Waals surface area contributed by atoms with E-state index < -0.39 is 0 Å². The maximum atomic E-state index is 12.4. The predicted molar refractivity (Wildman–Crippen MR) is 109 cm³/mol. The summed E-state index contributed by atoms with van der Waals surface area (Å²) in [6.07, 6.45) is 0. The number of nitrogens with zero attached hydrogens (tertiary/aromatic N) is 2. The summed E-state index contributed by atoms with van der Waals surface area (Å²) < 4.78 is 0. The zero-order valence-electron chi connectivity index (χ0n) is 14.8. The third-order valence-electron chi connectivity index (χ3n) is 4.60. The highest BCUT2D eigenvalue weighted by Gasteiger charge is 2.20. The lowest BCUT2D eigenvalue weighted by Gasteiger charge is -2.34. The molecule has 1 aromatic heterocycles. The fraction of sp³-hybridized carbons (Fsp3) is 0.421. The van der Waals surface area contributed by atoms with E-state index in [0.29, 0.717) is 16.6 Å². The fourth-order valence-electron chi connectivity index (χ4n) is 3.15. The van der Waals surface area contributed by atoms with Crippen LogP contribution in [0.3, 0.4) is 0 Å². The van der Waals surface area contributed by atoms with E-state index in [0.717, 1.165) is 38.3 Å². The minimum atomic E-state index is -0.146. The van der Waals surface area contributed by atoms with E-state index in [9.17, 15) is 4.79 Å². The standard InChI is InChI=1S/C19H23Cl2N3OS/c1-14(17-5-4-15(20)11-18(17)21)22-19(25)13-24-8-6-23(7-9-24)12-16-3-2-10-26-16/h2-5,10-11,14H,6-9,12-13H2,1H3,(H,22,25)/t14-/m1/s1. The van der Waals surface area contributed by atoms with Gasteiger partial charge in [-0.1, -0.05) is 35.3 Å². The molecule has 0 unspecified atom stereocenters. The molecule has 1 aliphatic heterocycles. The zero-order valence-corrected chi connectivity index (χ0v) is 17.1. The third kappa shape index (κ3) is 5.44. The Hall–Kier alpha value is -1.11. The molecule has 140 valence electrons. The number of hydrogen-bond donors (Lipinski definition) is 1. The van der Waals surface area contributed by atoms with Crippen molar-refractivity contribution >= 4 is 40.4 Å². The zero-order chi connectivity index (χ0) is 18.5. The van der Waals surface area contributed by atoms with Crippen LogP contribution in [0.25, 0.3) is 0 Å². The molecule has 7 heteroatoms. The number of halogens is 2. The SMILES string of the molecule is C[C@@H](NC(=O)CN1CCN(Cc2cccs2)CC1)c1ccc(Cl)cc1Cl. The molecule has 3 rings (SSSR count). The third-order valence-corrected chi connectivity index (χ3v) is 6.02. The van der Waals surface area contributed by atoms with E-state index >= 15 is 0 Å². The van der Waals surface area contributed by atoms with E-state index in [1.54, 1.807) is 23.5 Å². The van der Waals surface area contributed by atoms with E-state index in [-0.39, 0.29) is 11.9 Å². The lowest BCUT2D eigenvalue weighted by molar-refractivity contribution is -0.123. The van der Waals surface area contributed by atoms with Gasteiger partial charge in [0.15, 0.2) is 0 Å². The Balaban J connectivity index is 1.44. The van der Waals surface area contributed by atoms with Crippen molar-refractivity contribution in [1.82, 2.24) is 15.1 Å². The molecule has 2 heterocycles. The van der Waals surface area contributed by atoms with Crippen LogP contribution in [0.5, 0.6) is 0 Å². The quantitative estimate of drug-likeness (QED) is 0.778. The van der Waals surface area contributed by atoms with Crippen molar-refractivity contribution in [3.8, 4) is 0 Å². The molecule has 2 aromatic rings. The van der Waals surface area contributed by atoms with Crippen LogP contribution in [-0.4, -0.2) is 48.4 Å². The van der Waals surface area contributed by atoms with Crippen molar-refractivity contribution in [3.05, 3.63) is 56.2 Å². The van der Waals surface area contributed by atoms with E-state index in [1.165, 1.54) is 4.88 Å². The fourth-order valence-corrected chi connectivity index (χ4v) is 4.47. The second-order valence-electron chi connectivity index (χ2n) is 6.59. The molecule has 1 N–H and O–H groups in total. The van der Waals surface area contributed by atoms with Crippen molar-refractivity contribution in [2.75, 3.05) is 32.7 Å². The van der Waals surface area contributed by atoms with Gasteiger partial charge >= 0.3 is 0 Å². The van der Waals surface area contributed by atoms with Crippen LogP contribution >= 0.6 is 34.5 Å². The first kappa shape index (κ1) is 19.6. The van der Waals surface area contributed by atoms with Gasteiger partial charge in [0, 0.05) is 47.6 Å². The molecule has 4 nitrogen and oxygen atoms in total. The average molecular weight is 412 g/mol. The summed E-state index contributed by atoms with van der Waals surface area (Å²) in [5, 5.41) is 6.32. The highest BCUT2D eigenvalue weighted by molar-refractivity contribution is 7.09. The normalized spacial score (nSPS) is 17.2. The van der Waals surface area contributed by atoms with Crippen molar-refractivity contribution in [3.63, 3.8) is 0 Å². The summed E-state index contributed by atoms with van der Waals surface area (Å²) in [7, 11) is 0. The lowest BCUT2D eigenvalue weighted by Crippen LogP contribution is -2.49. The second kappa shape index (κ2) is 9.20. The summed E-state index contributed by atoms with van der Waals surface area (Å²) in [5.74, 6) is 0.0234. The molecule has 0 spiro atoms. The van der Waals surface area contributed by atoms with Crippen LogP contribution in [0, 0.1) is 0 Å². The van der Waals surface area contributed by atoms with E-state index in [2.05, 4.69) is 32.6 Å². The first-order valence-corrected chi connectivity index (χ1v) is 10.4. The number of benzene rings is 1. The average Bonchev–Trinajstić information content (AvgIpc) is 3.09. The summed E-state index contributed by atoms with van der Waals surface area (Å²) in [5.41, 5.74) is 0.880. The van der Waals surface area contributed by atoms with Gasteiger partial charge < -0.3 is 5.32 Å². The van der Waals surface area contributed by atoms with Gasteiger partial charge in [-0.15, -0.1) is 11.3 Å². The molecule has 0 aliphatic carbocycles.